The van der Waals surface area contributed by atoms with Crippen molar-refractivity contribution >= 4 is 32.3 Å². The van der Waals surface area contributed by atoms with E-state index >= 15 is 0 Å². The smallest absolute Gasteiger partial charge is 0.0273 e. The van der Waals surface area contributed by atoms with Gasteiger partial charge in [0.15, 0.2) is 0 Å². The second kappa shape index (κ2) is 8.12. The molecule has 0 saturated carbocycles. The van der Waals surface area contributed by atoms with Crippen molar-refractivity contribution in [3.8, 4) is 33.4 Å². The Kier molecular flexibility index (Phi) is 4.63. The lowest BCUT2D eigenvalue weighted by Crippen LogP contribution is -2.16. The van der Waals surface area contributed by atoms with E-state index in [2.05, 4.69) is 134 Å². The van der Waals surface area contributed by atoms with Gasteiger partial charge >= 0.3 is 0 Å². The highest BCUT2D eigenvalue weighted by molar-refractivity contribution is 6.20. The topological polar surface area (TPSA) is 12.9 Å². The summed E-state index contributed by atoms with van der Waals surface area (Å²) in [6.45, 7) is 4.82. The van der Waals surface area contributed by atoms with E-state index in [0.29, 0.717) is 0 Å². The molecule has 0 amide bonds. The monoisotopic (exact) mass is 497 g/mol. The number of hydrogen-bond acceptors (Lipinski definition) is 1. The minimum atomic E-state index is -0.127. The summed E-state index contributed by atoms with van der Waals surface area (Å²) in [6, 6.07) is 42.4. The predicted molar refractivity (Wildman–Crippen MR) is 165 cm³/mol. The number of aromatic nitrogens is 1. The molecule has 39 heavy (non-hydrogen) atoms. The predicted octanol–water partition coefficient (Wildman–Crippen LogP) is 10.2. The van der Waals surface area contributed by atoms with Crippen molar-refractivity contribution in [1.29, 1.82) is 0 Å². The van der Waals surface area contributed by atoms with Crippen molar-refractivity contribution in [3.05, 3.63) is 139 Å². The Balaban J connectivity index is 1.46. The Bertz CT molecular complexity index is 2070. The van der Waals surface area contributed by atoms with Gasteiger partial charge < -0.3 is 0 Å². The first-order valence-corrected chi connectivity index (χ1v) is 13.6. The van der Waals surface area contributed by atoms with Gasteiger partial charge in [-0.1, -0.05) is 111 Å². The minimum Gasteiger partial charge on any atom is -0.265 e. The quantitative estimate of drug-likeness (QED) is 0.217. The van der Waals surface area contributed by atoms with E-state index in [4.69, 9.17) is 0 Å². The molecule has 8 rings (SSSR count). The van der Waals surface area contributed by atoms with Crippen molar-refractivity contribution in [2.75, 3.05) is 0 Å². The molecule has 1 heterocycles. The average Bonchev–Trinajstić information content (AvgIpc) is 3.24. The summed E-state index contributed by atoms with van der Waals surface area (Å²) in [6.07, 6.45) is 3.70. The Morgan fingerprint density at radius 1 is 0.436 bits per heavy atom. The molecule has 0 bridgehead atoms. The van der Waals surface area contributed by atoms with Crippen LogP contribution >= 0.6 is 0 Å². The van der Waals surface area contributed by atoms with Gasteiger partial charge in [-0.3, -0.25) is 4.98 Å². The molecular formula is C38H27N. The first kappa shape index (κ1) is 22.3. The Labute approximate surface area is 228 Å². The molecule has 0 unspecified atom stereocenters. The van der Waals surface area contributed by atoms with E-state index in [9.17, 15) is 0 Å². The van der Waals surface area contributed by atoms with Crippen LogP contribution in [0.15, 0.2) is 128 Å². The molecular weight excluding hydrogens is 470 g/mol. The standard InChI is InChI=1S/C38H27N/c1-38(2)36-31-13-7-5-11-29(31)33(26-17-15-24(16-18-26)25-19-21-39-22-20-25)23-34(36)35-30-12-6-3-9-27(30)28-10-4-8-14-32(28)37(35)38/h3-23H,1-2H3. The summed E-state index contributed by atoms with van der Waals surface area (Å²) < 4.78 is 0. The van der Waals surface area contributed by atoms with Gasteiger partial charge in [-0.15, -0.1) is 0 Å². The largest absolute Gasteiger partial charge is 0.265 e. The van der Waals surface area contributed by atoms with Crippen LogP contribution in [0, 0.1) is 0 Å². The maximum atomic E-state index is 4.17. The number of nitrogens with zero attached hydrogens (tertiary/aromatic N) is 1. The number of fused-ring (bicyclic) bond motifs is 10. The molecule has 1 aromatic heterocycles. The molecule has 1 aliphatic carbocycles. The number of rotatable bonds is 2. The van der Waals surface area contributed by atoms with E-state index in [1.54, 1.807) is 0 Å². The molecule has 0 N–H and O–H groups in total. The maximum absolute atomic E-state index is 4.17. The minimum absolute atomic E-state index is 0.127. The fourth-order valence-corrected chi connectivity index (χ4v) is 7.07. The molecule has 0 saturated heterocycles. The lowest BCUT2D eigenvalue weighted by molar-refractivity contribution is 0.672. The molecule has 1 nitrogen and oxygen atoms in total. The summed E-state index contributed by atoms with van der Waals surface area (Å²) in [4.78, 5) is 4.17. The molecule has 0 atom stereocenters. The summed E-state index contributed by atoms with van der Waals surface area (Å²) in [5.41, 5.74) is 10.4. The van der Waals surface area contributed by atoms with E-state index in [0.717, 1.165) is 0 Å². The van der Waals surface area contributed by atoms with Gasteiger partial charge in [0.2, 0.25) is 0 Å². The van der Waals surface area contributed by atoms with Gasteiger partial charge in [0.05, 0.1) is 0 Å². The number of benzene rings is 6. The fourth-order valence-electron chi connectivity index (χ4n) is 7.07. The molecule has 1 heteroatoms. The summed E-state index contributed by atoms with van der Waals surface area (Å²) in [5.74, 6) is 0. The second-order valence-corrected chi connectivity index (χ2v) is 11.2. The Morgan fingerprint density at radius 3 is 1.59 bits per heavy atom. The highest BCUT2D eigenvalue weighted by atomic mass is 14.6. The van der Waals surface area contributed by atoms with Crippen LogP contribution in [0.3, 0.4) is 0 Å². The van der Waals surface area contributed by atoms with Crippen molar-refractivity contribution in [2.24, 2.45) is 0 Å². The third-order valence-corrected chi connectivity index (χ3v) is 8.71. The van der Waals surface area contributed by atoms with Gasteiger partial charge in [0.25, 0.3) is 0 Å². The summed E-state index contributed by atoms with van der Waals surface area (Å²) in [5, 5.41) is 8.02. The number of pyridine rings is 1. The first-order chi connectivity index (χ1) is 19.1. The third kappa shape index (κ3) is 3.11. The molecule has 0 radical (unpaired) electrons. The zero-order valence-corrected chi connectivity index (χ0v) is 22.1. The maximum Gasteiger partial charge on any atom is 0.0273 e. The van der Waals surface area contributed by atoms with Gasteiger partial charge in [-0.2, -0.15) is 0 Å². The van der Waals surface area contributed by atoms with Crippen molar-refractivity contribution < 1.29 is 0 Å². The van der Waals surface area contributed by atoms with Crippen molar-refractivity contribution in [3.63, 3.8) is 0 Å². The van der Waals surface area contributed by atoms with Crippen LogP contribution in [0.2, 0.25) is 0 Å². The lowest BCUT2D eigenvalue weighted by Gasteiger charge is -2.25. The van der Waals surface area contributed by atoms with E-state index in [-0.39, 0.29) is 5.41 Å². The average molecular weight is 498 g/mol. The lowest BCUT2D eigenvalue weighted by atomic mass is 9.77. The van der Waals surface area contributed by atoms with E-state index in [1.807, 2.05) is 12.4 Å². The molecule has 7 aromatic rings. The van der Waals surface area contributed by atoms with Crippen LogP contribution in [0.4, 0.5) is 0 Å². The van der Waals surface area contributed by atoms with Crippen molar-refractivity contribution in [2.45, 2.75) is 19.3 Å². The van der Waals surface area contributed by atoms with Crippen LogP contribution in [-0.4, -0.2) is 4.98 Å². The summed E-state index contributed by atoms with van der Waals surface area (Å²) in [7, 11) is 0. The van der Waals surface area contributed by atoms with Gasteiger partial charge in [-0.25, -0.2) is 0 Å². The molecule has 184 valence electrons. The van der Waals surface area contributed by atoms with Gasteiger partial charge in [0, 0.05) is 17.8 Å². The van der Waals surface area contributed by atoms with Crippen LogP contribution < -0.4 is 0 Å². The normalized spacial score (nSPS) is 13.6. The van der Waals surface area contributed by atoms with Gasteiger partial charge in [-0.05, 0) is 95.0 Å². The van der Waals surface area contributed by atoms with Crippen LogP contribution in [-0.2, 0) is 5.41 Å². The Morgan fingerprint density at radius 2 is 0.923 bits per heavy atom. The van der Waals surface area contributed by atoms with Crippen LogP contribution in [0.1, 0.15) is 25.0 Å². The zero-order valence-electron chi connectivity index (χ0n) is 22.1. The van der Waals surface area contributed by atoms with E-state index in [1.165, 1.54) is 76.8 Å². The molecule has 6 aromatic carbocycles. The van der Waals surface area contributed by atoms with Crippen LogP contribution in [0.25, 0.3) is 65.7 Å². The van der Waals surface area contributed by atoms with E-state index < -0.39 is 0 Å². The third-order valence-electron chi connectivity index (χ3n) is 8.71. The Hall–Kier alpha value is -4.75. The highest BCUT2D eigenvalue weighted by Crippen LogP contribution is 2.57. The fraction of sp³-hybridized carbons (Fsp3) is 0.0789. The van der Waals surface area contributed by atoms with Gasteiger partial charge in [0.1, 0.15) is 0 Å². The van der Waals surface area contributed by atoms with Crippen LogP contribution in [0.5, 0.6) is 0 Å². The SMILES string of the molecule is CC1(C)c2c(cc(-c3ccc(-c4ccncc4)cc3)c3ccccc23)-c2c1c1ccccc1c1ccccc21. The molecule has 0 fully saturated rings. The number of hydrogen-bond donors (Lipinski definition) is 0. The zero-order chi connectivity index (χ0) is 26.1. The molecule has 1 aliphatic rings. The summed E-state index contributed by atoms with van der Waals surface area (Å²) >= 11 is 0. The second-order valence-electron chi connectivity index (χ2n) is 11.2. The first-order valence-electron chi connectivity index (χ1n) is 13.6. The highest BCUT2D eigenvalue weighted by Gasteiger charge is 2.40. The molecule has 0 aliphatic heterocycles. The molecule has 0 spiro atoms. The van der Waals surface area contributed by atoms with Crippen molar-refractivity contribution in [1.82, 2.24) is 4.98 Å².